The largest absolute Gasteiger partial charge is 0.493 e. The van der Waals surface area contributed by atoms with E-state index in [0.717, 1.165) is 50.9 Å². The zero-order chi connectivity index (χ0) is 12.2. The summed E-state index contributed by atoms with van der Waals surface area (Å²) < 4.78 is 5.96. The van der Waals surface area contributed by atoms with Crippen LogP contribution in [0.5, 0.6) is 5.75 Å². The second-order valence-corrected chi connectivity index (χ2v) is 5.36. The molecule has 0 amide bonds. The van der Waals surface area contributed by atoms with Gasteiger partial charge in [-0.25, -0.2) is 0 Å². The SMILES string of the molecule is c1cc2c(cc1OCC1CCNCC1)CCNC2. The van der Waals surface area contributed by atoms with Crippen LogP contribution in [-0.4, -0.2) is 26.2 Å². The third-order valence-electron chi connectivity index (χ3n) is 4.01. The van der Waals surface area contributed by atoms with Crippen LogP contribution in [0.15, 0.2) is 18.2 Å². The molecule has 3 nitrogen and oxygen atoms in total. The van der Waals surface area contributed by atoms with E-state index < -0.39 is 0 Å². The minimum atomic E-state index is 0.726. The van der Waals surface area contributed by atoms with Gasteiger partial charge in [0.1, 0.15) is 5.75 Å². The van der Waals surface area contributed by atoms with E-state index in [1.54, 1.807) is 0 Å². The monoisotopic (exact) mass is 246 g/mol. The van der Waals surface area contributed by atoms with E-state index in [1.165, 1.54) is 24.0 Å². The predicted molar refractivity (Wildman–Crippen MR) is 72.9 cm³/mol. The number of rotatable bonds is 3. The predicted octanol–water partition coefficient (Wildman–Crippen LogP) is 1.71. The molecule has 0 aliphatic carbocycles. The Morgan fingerprint density at radius 2 is 1.94 bits per heavy atom. The van der Waals surface area contributed by atoms with Crippen LogP contribution in [-0.2, 0) is 13.0 Å². The Labute approximate surface area is 109 Å². The maximum absolute atomic E-state index is 5.96. The van der Waals surface area contributed by atoms with E-state index in [1.807, 2.05) is 0 Å². The molecule has 0 bridgehead atoms. The zero-order valence-electron chi connectivity index (χ0n) is 10.9. The van der Waals surface area contributed by atoms with Gasteiger partial charge in [0.25, 0.3) is 0 Å². The molecule has 0 unspecified atom stereocenters. The van der Waals surface area contributed by atoms with Crippen molar-refractivity contribution < 1.29 is 4.74 Å². The average Bonchev–Trinajstić information content (AvgIpc) is 2.46. The van der Waals surface area contributed by atoms with Crippen molar-refractivity contribution in [2.24, 2.45) is 5.92 Å². The third-order valence-corrected chi connectivity index (χ3v) is 4.01. The molecule has 1 aromatic carbocycles. The first kappa shape index (κ1) is 12.0. The first-order valence-corrected chi connectivity index (χ1v) is 7.08. The Morgan fingerprint density at radius 1 is 1.06 bits per heavy atom. The molecule has 2 aliphatic heterocycles. The van der Waals surface area contributed by atoms with Crippen LogP contribution in [0, 0.1) is 5.92 Å². The smallest absolute Gasteiger partial charge is 0.119 e. The molecule has 2 heterocycles. The molecule has 2 aliphatic rings. The topological polar surface area (TPSA) is 33.3 Å². The molecule has 0 aromatic heterocycles. The number of hydrogen-bond donors (Lipinski definition) is 2. The van der Waals surface area contributed by atoms with E-state index >= 15 is 0 Å². The van der Waals surface area contributed by atoms with Gasteiger partial charge in [-0.15, -0.1) is 0 Å². The van der Waals surface area contributed by atoms with Crippen LogP contribution in [0.3, 0.4) is 0 Å². The molecule has 1 fully saturated rings. The fourth-order valence-corrected chi connectivity index (χ4v) is 2.81. The van der Waals surface area contributed by atoms with Crippen molar-refractivity contribution in [3.63, 3.8) is 0 Å². The molecule has 18 heavy (non-hydrogen) atoms. The van der Waals surface area contributed by atoms with Crippen LogP contribution in [0.25, 0.3) is 0 Å². The highest BCUT2D eigenvalue weighted by molar-refractivity contribution is 5.37. The Morgan fingerprint density at radius 3 is 2.83 bits per heavy atom. The first-order chi connectivity index (χ1) is 8.92. The van der Waals surface area contributed by atoms with Crippen molar-refractivity contribution in [3.8, 4) is 5.75 Å². The van der Waals surface area contributed by atoms with Gasteiger partial charge in [0.05, 0.1) is 6.61 Å². The summed E-state index contributed by atoms with van der Waals surface area (Å²) in [6.07, 6.45) is 3.61. The fraction of sp³-hybridized carbons (Fsp3) is 0.600. The first-order valence-electron chi connectivity index (χ1n) is 7.08. The van der Waals surface area contributed by atoms with E-state index in [0.29, 0.717) is 0 Å². The van der Waals surface area contributed by atoms with Crippen LogP contribution in [0.4, 0.5) is 0 Å². The van der Waals surface area contributed by atoms with Gasteiger partial charge in [-0.05, 0) is 68.1 Å². The molecule has 1 aromatic rings. The van der Waals surface area contributed by atoms with Gasteiger partial charge in [-0.1, -0.05) is 6.07 Å². The lowest BCUT2D eigenvalue weighted by Gasteiger charge is -2.23. The summed E-state index contributed by atoms with van der Waals surface area (Å²) in [6.45, 7) is 5.25. The van der Waals surface area contributed by atoms with Crippen molar-refractivity contribution in [2.75, 3.05) is 26.2 Å². The number of fused-ring (bicyclic) bond motifs is 1. The maximum Gasteiger partial charge on any atom is 0.119 e. The molecule has 0 atom stereocenters. The van der Waals surface area contributed by atoms with E-state index in [-0.39, 0.29) is 0 Å². The molecule has 3 heteroatoms. The zero-order valence-corrected chi connectivity index (χ0v) is 10.9. The van der Waals surface area contributed by atoms with Gasteiger partial charge in [0.2, 0.25) is 0 Å². The fourth-order valence-electron chi connectivity index (χ4n) is 2.81. The lowest BCUT2D eigenvalue weighted by Crippen LogP contribution is -2.30. The molecule has 0 saturated carbocycles. The molecule has 98 valence electrons. The lowest BCUT2D eigenvalue weighted by molar-refractivity contribution is 0.215. The third kappa shape index (κ3) is 2.85. The van der Waals surface area contributed by atoms with Crippen molar-refractivity contribution in [2.45, 2.75) is 25.8 Å². The van der Waals surface area contributed by atoms with Crippen molar-refractivity contribution >= 4 is 0 Å². The van der Waals surface area contributed by atoms with E-state index in [4.69, 9.17) is 4.74 Å². The maximum atomic E-state index is 5.96. The molecule has 0 radical (unpaired) electrons. The summed E-state index contributed by atoms with van der Waals surface area (Å²) in [4.78, 5) is 0. The highest BCUT2D eigenvalue weighted by atomic mass is 16.5. The number of benzene rings is 1. The molecule has 0 spiro atoms. The van der Waals surface area contributed by atoms with Gasteiger partial charge < -0.3 is 15.4 Å². The number of hydrogen-bond acceptors (Lipinski definition) is 3. The van der Waals surface area contributed by atoms with Gasteiger partial charge >= 0.3 is 0 Å². The molecular formula is C15H22N2O. The van der Waals surface area contributed by atoms with Crippen molar-refractivity contribution in [3.05, 3.63) is 29.3 Å². The Bertz CT molecular complexity index is 399. The molecular weight excluding hydrogens is 224 g/mol. The van der Waals surface area contributed by atoms with Crippen LogP contribution in [0.2, 0.25) is 0 Å². The van der Waals surface area contributed by atoms with Gasteiger partial charge in [0.15, 0.2) is 0 Å². The Kier molecular flexibility index (Phi) is 3.81. The van der Waals surface area contributed by atoms with Crippen LogP contribution in [0.1, 0.15) is 24.0 Å². The Hall–Kier alpha value is -1.06. The number of nitrogens with one attached hydrogen (secondary N) is 2. The summed E-state index contributed by atoms with van der Waals surface area (Å²) in [5.41, 5.74) is 2.88. The standard InChI is InChI=1S/C15H22N2O/c1-2-15(9-13-5-8-17-10-14(1)13)18-11-12-3-6-16-7-4-12/h1-2,9,12,16-17H,3-8,10-11H2. The van der Waals surface area contributed by atoms with Crippen LogP contribution >= 0.6 is 0 Å². The van der Waals surface area contributed by atoms with Crippen molar-refractivity contribution in [1.29, 1.82) is 0 Å². The summed E-state index contributed by atoms with van der Waals surface area (Å²) in [6, 6.07) is 6.56. The molecule has 3 rings (SSSR count). The number of ether oxygens (including phenoxy) is 1. The van der Waals surface area contributed by atoms with E-state index in [9.17, 15) is 0 Å². The highest BCUT2D eigenvalue weighted by Crippen LogP contribution is 2.22. The number of piperidine rings is 1. The second kappa shape index (κ2) is 5.72. The average molecular weight is 246 g/mol. The Balaban J connectivity index is 1.58. The molecule has 2 N–H and O–H groups in total. The minimum Gasteiger partial charge on any atom is -0.493 e. The summed E-state index contributed by atoms with van der Waals surface area (Å²) in [5.74, 6) is 1.78. The van der Waals surface area contributed by atoms with Crippen LogP contribution < -0.4 is 15.4 Å². The normalized spacial score (nSPS) is 20.4. The summed E-state index contributed by atoms with van der Waals surface area (Å²) in [5, 5.41) is 6.79. The lowest BCUT2D eigenvalue weighted by atomic mass is 9.99. The summed E-state index contributed by atoms with van der Waals surface area (Å²) >= 11 is 0. The highest BCUT2D eigenvalue weighted by Gasteiger charge is 2.14. The second-order valence-electron chi connectivity index (χ2n) is 5.36. The minimum absolute atomic E-state index is 0.726. The van der Waals surface area contributed by atoms with Gasteiger partial charge in [0, 0.05) is 6.54 Å². The quantitative estimate of drug-likeness (QED) is 0.852. The summed E-state index contributed by atoms with van der Waals surface area (Å²) in [7, 11) is 0. The van der Waals surface area contributed by atoms with Gasteiger partial charge in [-0.3, -0.25) is 0 Å². The van der Waals surface area contributed by atoms with Crippen molar-refractivity contribution in [1.82, 2.24) is 10.6 Å². The van der Waals surface area contributed by atoms with E-state index in [2.05, 4.69) is 28.8 Å². The van der Waals surface area contributed by atoms with Gasteiger partial charge in [-0.2, -0.15) is 0 Å². The molecule has 1 saturated heterocycles.